The molecular formula is C30H21ClN2O6S. The summed E-state index contributed by atoms with van der Waals surface area (Å²) in [6.07, 6.45) is 0. The fraction of sp³-hybridized carbons (Fsp3) is 0.100. The molecule has 2 aliphatic rings. The summed E-state index contributed by atoms with van der Waals surface area (Å²) in [6.45, 7) is 0.346. The van der Waals surface area contributed by atoms with E-state index in [9.17, 15) is 19.5 Å². The molecule has 0 saturated carbocycles. The van der Waals surface area contributed by atoms with Gasteiger partial charge < -0.3 is 19.9 Å². The van der Waals surface area contributed by atoms with Gasteiger partial charge in [-0.3, -0.25) is 19.3 Å². The third-order valence-corrected chi connectivity index (χ3v) is 7.80. The smallest absolute Gasteiger partial charge is 0.294 e. The van der Waals surface area contributed by atoms with Crippen molar-refractivity contribution in [1.82, 2.24) is 5.32 Å². The van der Waals surface area contributed by atoms with Gasteiger partial charge in [-0.25, -0.2) is 0 Å². The first-order valence-corrected chi connectivity index (χ1v) is 13.5. The van der Waals surface area contributed by atoms with Crippen molar-refractivity contribution in [1.29, 1.82) is 0 Å². The van der Waals surface area contributed by atoms with E-state index in [-0.39, 0.29) is 30.2 Å². The molecule has 0 aliphatic carbocycles. The molecule has 6 rings (SSSR count). The van der Waals surface area contributed by atoms with E-state index in [2.05, 4.69) is 5.32 Å². The zero-order valence-electron chi connectivity index (χ0n) is 20.8. The predicted molar refractivity (Wildman–Crippen MR) is 150 cm³/mol. The van der Waals surface area contributed by atoms with Crippen molar-refractivity contribution in [3.8, 4) is 11.5 Å². The Kier molecular flexibility index (Phi) is 6.75. The number of amides is 2. The number of anilines is 1. The number of carbonyl (C=O) groups is 3. The van der Waals surface area contributed by atoms with Crippen LogP contribution in [0.25, 0.3) is 0 Å². The van der Waals surface area contributed by atoms with Gasteiger partial charge in [0.1, 0.15) is 0 Å². The highest BCUT2D eigenvalue weighted by atomic mass is 35.5. The molecule has 200 valence electrons. The minimum atomic E-state index is -0.984. The molecule has 0 unspecified atom stereocenters. The van der Waals surface area contributed by atoms with Gasteiger partial charge in [0.15, 0.2) is 17.3 Å². The number of hydrogen-bond acceptors (Lipinski definition) is 7. The van der Waals surface area contributed by atoms with E-state index >= 15 is 0 Å². The van der Waals surface area contributed by atoms with E-state index in [1.807, 2.05) is 6.07 Å². The summed E-state index contributed by atoms with van der Waals surface area (Å²) in [6, 6.07) is 21.0. The first kappa shape index (κ1) is 25.7. The number of para-hydroxylation sites is 1. The molecule has 8 nitrogen and oxygen atoms in total. The number of ketones is 1. The summed E-state index contributed by atoms with van der Waals surface area (Å²) in [7, 11) is 0. The Balaban J connectivity index is 1.36. The van der Waals surface area contributed by atoms with E-state index in [1.165, 1.54) is 16.2 Å². The number of Topliss-reactive ketones (excluding diaryl/α,β-unsaturated/α-hetero) is 1. The second-order valence-corrected chi connectivity index (χ2v) is 10.5. The Labute approximate surface area is 238 Å². The maximum atomic E-state index is 13.6. The summed E-state index contributed by atoms with van der Waals surface area (Å²) >= 11 is 7.33. The maximum absolute atomic E-state index is 13.6. The second-order valence-electron chi connectivity index (χ2n) is 9.09. The van der Waals surface area contributed by atoms with Gasteiger partial charge in [0.05, 0.1) is 27.7 Å². The standard InChI is InChI=1S/C30H21ClN2O6S/c31-19-10-8-18(9-11-19)26-25(27(34)24-6-3-13-40-24)28(35)30(37)33(26)21-5-2-1-4-20(21)29(36)32-15-17-7-12-22-23(14-17)39-16-38-22/h1-14,26,35H,15-16H2,(H,32,36)/t26-/m0/s1. The Hall–Kier alpha value is -4.60. The molecule has 2 aliphatic heterocycles. The lowest BCUT2D eigenvalue weighted by Crippen LogP contribution is -2.34. The minimum absolute atomic E-state index is 0.0645. The molecule has 0 spiro atoms. The van der Waals surface area contributed by atoms with Crippen LogP contribution in [0.15, 0.2) is 95.6 Å². The van der Waals surface area contributed by atoms with Gasteiger partial charge in [-0.1, -0.05) is 48.0 Å². The highest BCUT2D eigenvalue weighted by Crippen LogP contribution is 2.43. The number of carbonyl (C=O) groups excluding carboxylic acids is 3. The van der Waals surface area contributed by atoms with Gasteiger partial charge in [0.2, 0.25) is 12.6 Å². The SMILES string of the molecule is O=C(C1=C(O)C(=O)N(c2ccccc2C(=O)NCc2ccc3c(c2)OCO3)[C@H]1c1ccc(Cl)cc1)c1cccs1. The number of benzene rings is 3. The number of ether oxygens (including phenoxy) is 2. The van der Waals surface area contributed by atoms with Crippen LogP contribution in [0.5, 0.6) is 11.5 Å². The van der Waals surface area contributed by atoms with Gasteiger partial charge in [-0.05, 0) is 59.0 Å². The Bertz CT molecular complexity index is 1670. The van der Waals surface area contributed by atoms with Crippen molar-refractivity contribution < 1.29 is 29.0 Å². The van der Waals surface area contributed by atoms with Gasteiger partial charge in [-0.15, -0.1) is 11.3 Å². The van der Waals surface area contributed by atoms with E-state index in [1.54, 1.807) is 78.2 Å². The second kappa shape index (κ2) is 10.5. The van der Waals surface area contributed by atoms with Crippen molar-refractivity contribution >= 4 is 46.2 Å². The Morgan fingerprint density at radius 1 is 1.00 bits per heavy atom. The average molecular weight is 573 g/mol. The normalized spacial score (nSPS) is 16.0. The fourth-order valence-electron chi connectivity index (χ4n) is 4.79. The molecule has 0 fully saturated rings. The largest absolute Gasteiger partial charge is 0.503 e. The number of aliphatic hydroxyl groups excluding tert-OH is 1. The van der Waals surface area contributed by atoms with Crippen molar-refractivity contribution in [2.24, 2.45) is 0 Å². The lowest BCUT2D eigenvalue weighted by Gasteiger charge is -2.28. The molecule has 2 N–H and O–H groups in total. The Morgan fingerprint density at radius 2 is 1.77 bits per heavy atom. The molecular weight excluding hydrogens is 552 g/mol. The monoisotopic (exact) mass is 572 g/mol. The molecule has 0 radical (unpaired) electrons. The van der Waals surface area contributed by atoms with Crippen molar-refractivity contribution in [2.75, 3.05) is 11.7 Å². The van der Waals surface area contributed by atoms with Crippen LogP contribution in [-0.2, 0) is 11.3 Å². The van der Waals surface area contributed by atoms with Gasteiger partial charge in [-0.2, -0.15) is 0 Å². The molecule has 10 heteroatoms. The number of nitrogens with zero attached hydrogens (tertiary/aromatic N) is 1. The van der Waals surface area contributed by atoms with Gasteiger partial charge in [0, 0.05) is 11.6 Å². The molecule has 0 bridgehead atoms. The number of nitrogens with one attached hydrogen (secondary N) is 1. The number of aliphatic hydroxyl groups is 1. The highest BCUT2D eigenvalue weighted by Gasteiger charge is 2.45. The number of rotatable bonds is 7. The molecule has 1 aromatic heterocycles. The lowest BCUT2D eigenvalue weighted by atomic mass is 9.95. The van der Waals surface area contributed by atoms with E-state index in [4.69, 9.17) is 21.1 Å². The molecule has 3 aromatic carbocycles. The number of hydrogen-bond donors (Lipinski definition) is 2. The topological polar surface area (TPSA) is 105 Å². The zero-order chi connectivity index (χ0) is 27.8. The first-order valence-electron chi connectivity index (χ1n) is 12.3. The van der Waals surface area contributed by atoms with Crippen LogP contribution >= 0.6 is 22.9 Å². The molecule has 1 atom stereocenters. The van der Waals surface area contributed by atoms with E-state index in [0.717, 1.165) is 5.56 Å². The predicted octanol–water partition coefficient (Wildman–Crippen LogP) is 5.84. The Morgan fingerprint density at radius 3 is 2.55 bits per heavy atom. The lowest BCUT2D eigenvalue weighted by molar-refractivity contribution is -0.117. The summed E-state index contributed by atoms with van der Waals surface area (Å²) in [4.78, 5) is 42.2. The van der Waals surface area contributed by atoms with Crippen LogP contribution in [0.3, 0.4) is 0 Å². The van der Waals surface area contributed by atoms with Crippen molar-refractivity contribution in [3.05, 3.63) is 122 Å². The fourth-order valence-corrected chi connectivity index (χ4v) is 5.59. The summed E-state index contributed by atoms with van der Waals surface area (Å²) in [5.74, 6) is -1.10. The number of fused-ring (bicyclic) bond motifs is 1. The maximum Gasteiger partial charge on any atom is 0.294 e. The van der Waals surface area contributed by atoms with Crippen LogP contribution in [-0.4, -0.2) is 29.5 Å². The van der Waals surface area contributed by atoms with Crippen LogP contribution in [0.2, 0.25) is 5.02 Å². The first-order chi connectivity index (χ1) is 19.4. The van der Waals surface area contributed by atoms with Crippen LogP contribution in [0, 0.1) is 0 Å². The third-order valence-electron chi connectivity index (χ3n) is 6.68. The van der Waals surface area contributed by atoms with Crippen LogP contribution in [0.4, 0.5) is 5.69 Å². The van der Waals surface area contributed by atoms with Gasteiger partial charge in [0.25, 0.3) is 11.8 Å². The minimum Gasteiger partial charge on any atom is -0.503 e. The molecule has 3 heterocycles. The highest BCUT2D eigenvalue weighted by molar-refractivity contribution is 7.12. The third kappa shape index (κ3) is 4.59. The summed E-state index contributed by atoms with van der Waals surface area (Å²) in [5.41, 5.74) is 1.74. The zero-order valence-corrected chi connectivity index (χ0v) is 22.4. The van der Waals surface area contributed by atoms with Gasteiger partial charge >= 0.3 is 0 Å². The number of thiophene rings is 1. The number of halogens is 1. The summed E-state index contributed by atoms with van der Waals surface area (Å²) in [5, 5.41) is 16.1. The molecule has 2 amide bonds. The van der Waals surface area contributed by atoms with E-state index < -0.39 is 29.4 Å². The quantitative estimate of drug-likeness (QED) is 0.269. The van der Waals surface area contributed by atoms with Crippen LogP contribution < -0.4 is 19.7 Å². The van der Waals surface area contributed by atoms with Crippen molar-refractivity contribution in [2.45, 2.75) is 12.6 Å². The average Bonchev–Trinajstić information content (AvgIpc) is 3.72. The molecule has 4 aromatic rings. The molecule has 40 heavy (non-hydrogen) atoms. The molecule has 0 saturated heterocycles. The van der Waals surface area contributed by atoms with Crippen molar-refractivity contribution in [3.63, 3.8) is 0 Å². The van der Waals surface area contributed by atoms with Crippen LogP contribution in [0.1, 0.15) is 37.2 Å². The summed E-state index contributed by atoms with van der Waals surface area (Å²) < 4.78 is 10.8. The van der Waals surface area contributed by atoms with E-state index in [0.29, 0.717) is 27.0 Å².